The van der Waals surface area contributed by atoms with Gasteiger partial charge in [-0.3, -0.25) is 4.79 Å². The molecule has 4 rings (SSSR count). The quantitative estimate of drug-likeness (QED) is 0.795. The van der Waals surface area contributed by atoms with Crippen molar-refractivity contribution in [3.8, 4) is 5.75 Å². The molecule has 3 aromatic rings. The van der Waals surface area contributed by atoms with Gasteiger partial charge in [0.1, 0.15) is 11.3 Å². The zero-order valence-corrected chi connectivity index (χ0v) is 14.2. The largest absolute Gasteiger partial charge is 0.497 e. The van der Waals surface area contributed by atoms with E-state index in [1.165, 1.54) is 17.7 Å². The lowest BCUT2D eigenvalue weighted by molar-refractivity contribution is 0.0952. The average Bonchev–Trinajstić information content (AvgIpc) is 3.11. The molecule has 1 N–H and O–H groups in total. The number of ether oxygens (including phenoxy) is 1. The average molecular weight is 336 g/mol. The summed E-state index contributed by atoms with van der Waals surface area (Å²) in [5, 5.41) is 7.35. The van der Waals surface area contributed by atoms with E-state index in [1.807, 2.05) is 35.0 Å². The summed E-state index contributed by atoms with van der Waals surface area (Å²) in [6, 6.07) is 7.64. The second-order valence-corrected chi connectivity index (χ2v) is 6.27. The summed E-state index contributed by atoms with van der Waals surface area (Å²) in [6.45, 7) is 0.429. The zero-order chi connectivity index (χ0) is 17.2. The van der Waals surface area contributed by atoms with Crippen molar-refractivity contribution in [3.05, 3.63) is 59.0 Å². The van der Waals surface area contributed by atoms with Crippen molar-refractivity contribution in [1.29, 1.82) is 0 Å². The zero-order valence-electron chi connectivity index (χ0n) is 14.2. The Hall–Kier alpha value is -2.89. The fourth-order valence-electron chi connectivity index (χ4n) is 3.32. The van der Waals surface area contributed by atoms with Gasteiger partial charge in [-0.1, -0.05) is 12.1 Å². The first-order chi connectivity index (χ1) is 12.3. The number of methoxy groups -OCH3 is 1. The molecule has 1 amide bonds. The minimum Gasteiger partial charge on any atom is -0.497 e. The maximum atomic E-state index is 12.6. The summed E-state index contributed by atoms with van der Waals surface area (Å²) in [5.41, 5.74) is 4.54. The minimum atomic E-state index is -0.166. The molecule has 0 saturated carbocycles. The van der Waals surface area contributed by atoms with Gasteiger partial charge in [0.15, 0.2) is 5.65 Å². The van der Waals surface area contributed by atoms with Crippen molar-refractivity contribution < 1.29 is 9.53 Å². The fraction of sp³-hybridized carbons (Fsp3) is 0.316. The molecule has 0 atom stereocenters. The van der Waals surface area contributed by atoms with E-state index in [2.05, 4.69) is 15.4 Å². The number of hydrogen-bond acceptors (Lipinski definition) is 4. The Kier molecular flexibility index (Phi) is 4.09. The Balaban J connectivity index is 1.56. The number of hydrogen-bond donors (Lipinski definition) is 1. The fourth-order valence-corrected chi connectivity index (χ4v) is 3.32. The van der Waals surface area contributed by atoms with Gasteiger partial charge < -0.3 is 10.1 Å². The van der Waals surface area contributed by atoms with E-state index in [0.717, 1.165) is 30.6 Å². The molecule has 0 saturated heterocycles. The normalized spacial score (nSPS) is 13.5. The second-order valence-electron chi connectivity index (χ2n) is 6.27. The van der Waals surface area contributed by atoms with E-state index in [9.17, 15) is 4.79 Å². The highest BCUT2D eigenvalue weighted by atomic mass is 16.5. The predicted octanol–water partition coefficient (Wildman–Crippen LogP) is 2.55. The van der Waals surface area contributed by atoms with Crippen LogP contribution in [0.3, 0.4) is 0 Å². The summed E-state index contributed by atoms with van der Waals surface area (Å²) < 4.78 is 7.04. The maximum Gasteiger partial charge on any atom is 0.257 e. The number of amides is 1. The van der Waals surface area contributed by atoms with Crippen LogP contribution in [0.1, 0.15) is 40.0 Å². The molecule has 6 nitrogen and oxygen atoms in total. The van der Waals surface area contributed by atoms with Crippen molar-refractivity contribution >= 4 is 11.6 Å². The molecule has 1 aromatic carbocycles. The topological polar surface area (TPSA) is 68.5 Å². The van der Waals surface area contributed by atoms with Crippen LogP contribution in [0.2, 0.25) is 0 Å². The summed E-state index contributed by atoms with van der Waals surface area (Å²) >= 11 is 0. The van der Waals surface area contributed by atoms with Crippen LogP contribution in [0, 0.1) is 0 Å². The molecule has 1 aliphatic rings. The van der Waals surface area contributed by atoms with Gasteiger partial charge in [0, 0.05) is 18.4 Å². The molecule has 0 unspecified atom stereocenters. The Bertz CT molecular complexity index is 932. The Morgan fingerprint density at radius 1 is 1.28 bits per heavy atom. The Morgan fingerprint density at radius 3 is 3.04 bits per heavy atom. The first kappa shape index (κ1) is 15.6. The SMILES string of the molecule is COc1cccc(CNC(=O)c2cnn3c4c(cnc23)CCCC4)c1. The number of aryl methyl sites for hydroxylation is 2. The van der Waals surface area contributed by atoms with Crippen molar-refractivity contribution in [2.24, 2.45) is 0 Å². The molecule has 0 spiro atoms. The van der Waals surface area contributed by atoms with Crippen LogP contribution in [-0.2, 0) is 19.4 Å². The highest BCUT2D eigenvalue weighted by Gasteiger charge is 2.19. The van der Waals surface area contributed by atoms with Crippen LogP contribution in [0.4, 0.5) is 0 Å². The van der Waals surface area contributed by atoms with Gasteiger partial charge in [-0.05, 0) is 48.9 Å². The molecule has 2 aromatic heterocycles. The number of carbonyl (C=O) groups is 1. The molecule has 0 radical (unpaired) electrons. The number of carbonyl (C=O) groups excluding carboxylic acids is 1. The third kappa shape index (κ3) is 2.95. The number of aromatic nitrogens is 3. The van der Waals surface area contributed by atoms with Gasteiger partial charge in [-0.25, -0.2) is 9.50 Å². The van der Waals surface area contributed by atoms with Gasteiger partial charge in [0.05, 0.1) is 13.3 Å². The van der Waals surface area contributed by atoms with Gasteiger partial charge >= 0.3 is 0 Å². The first-order valence-electron chi connectivity index (χ1n) is 8.52. The molecular weight excluding hydrogens is 316 g/mol. The van der Waals surface area contributed by atoms with Crippen molar-refractivity contribution in [1.82, 2.24) is 19.9 Å². The Morgan fingerprint density at radius 2 is 2.16 bits per heavy atom. The second kappa shape index (κ2) is 6.55. The van der Waals surface area contributed by atoms with E-state index < -0.39 is 0 Å². The summed E-state index contributed by atoms with van der Waals surface area (Å²) in [6.07, 6.45) is 7.87. The Labute approximate surface area is 145 Å². The molecule has 6 heteroatoms. The van der Waals surface area contributed by atoms with E-state index >= 15 is 0 Å². The van der Waals surface area contributed by atoms with Crippen molar-refractivity contribution in [2.75, 3.05) is 7.11 Å². The highest BCUT2D eigenvalue weighted by Crippen LogP contribution is 2.22. The molecular formula is C19H20N4O2. The third-order valence-electron chi connectivity index (χ3n) is 4.65. The molecule has 1 aliphatic carbocycles. The predicted molar refractivity (Wildman–Crippen MR) is 93.8 cm³/mol. The monoisotopic (exact) mass is 336 g/mol. The van der Waals surface area contributed by atoms with Crippen molar-refractivity contribution in [3.63, 3.8) is 0 Å². The van der Waals surface area contributed by atoms with E-state index in [-0.39, 0.29) is 5.91 Å². The number of fused-ring (bicyclic) bond motifs is 3. The third-order valence-corrected chi connectivity index (χ3v) is 4.65. The first-order valence-corrected chi connectivity index (χ1v) is 8.52. The van der Waals surface area contributed by atoms with Gasteiger partial charge in [0.25, 0.3) is 5.91 Å². The standard InChI is InChI=1S/C19H20N4O2/c1-25-15-7-4-5-13(9-15)10-21-19(24)16-12-22-23-17-8-3-2-6-14(17)11-20-18(16)23/h4-5,7,9,11-12H,2-3,6,8,10H2,1H3,(H,21,24). The highest BCUT2D eigenvalue weighted by molar-refractivity contribution is 5.99. The van der Waals surface area contributed by atoms with Crippen molar-refractivity contribution in [2.45, 2.75) is 32.2 Å². The lowest BCUT2D eigenvalue weighted by Gasteiger charge is -2.15. The number of nitrogens with zero attached hydrogens (tertiary/aromatic N) is 3. The molecule has 0 aliphatic heterocycles. The van der Waals surface area contributed by atoms with Crippen LogP contribution >= 0.6 is 0 Å². The number of nitrogens with one attached hydrogen (secondary N) is 1. The lowest BCUT2D eigenvalue weighted by atomic mass is 9.97. The van der Waals surface area contributed by atoms with Gasteiger partial charge in [-0.15, -0.1) is 0 Å². The molecule has 128 valence electrons. The summed E-state index contributed by atoms with van der Waals surface area (Å²) in [5.74, 6) is 0.608. The molecule has 0 bridgehead atoms. The van der Waals surface area contributed by atoms with Gasteiger partial charge in [0.2, 0.25) is 0 Å². The number of rotatable bonds is 4. The van der Waals surface area contributed by atoms with E-state index in [4.69, 9.17) is 4.74 Å². The van der Waals surface area contributed by atoms with Crippen LogP contribution in [0.25, 0.3) is 5.65 Å². The molecule has 25 heavy (non-hydrogen) atoms. The van der Waals surface area contributed by atoms with Crippen LogP contribution < -0.4 is 10.1 Å². The van der Waals surface area contributed by atoms with Crippen LogP contribution in [-0.4, -0.2) is 27.6 Å². The van der Waals surface area contributed by atoms with Crippen LogP contribution in [0.5, 0.6) is 5.75 Å². The van der Waals surface area contributed by atoms with E-state index in [1.54, 1.807) is 13.3 Å². The molecule has 0 fully saturated rings. The smallest absolute Gasteiger partial charge is 0.257 e. The maximum absolute atomic E-state index is 12.6. The van der Waals surface area contributed by atoms with E-state index in [0.29, 0.717) is 17.8 Å². The minimum absolute atomic E-state index is 0.166. The molecule has 2 heterocycles. The van der Waals surface area contributed by atoms with Crippen LogP contribution in [0.15, 0.2) is 36.7 Å². The number of benzene rings is 1. The van der Waals surface area contributed by atoms with Gasteiger partial charge in [-0.2, -0.15) is 5.10 Å². The summed E-state index contributed by atoms with van der Waals surface area (Å²) in [4.78, 5) is 17.1. The lowest BCUT2D eigenvalue weighted by Crippen LogP contribution is -2.23. The summed E-state index contributed by atoms with van der Waals surface area (Å²) in [7, 11) is 1.63.